The van der Waals surface area contributed by atoms with Crippen molar-refractivity contribution >= 4 is 17.4 Å². The zero-order valence-corrected chi connectivity index (χ0v) is 9.81. The lowest BCUT2D eigenvalue weighted by molar-refractivity contribution is -0.132. The fourth-order valence-corrected chi connectivity index (χ4v) is 1.64. The quantitative estimate of drug-likeness (QED) is 0.822. The molecule has 1 aromatic carbocycles. The molecule has 0 saturated heterocycles. The summed E-state index contributed by atoms with van der Waals surface area (Å²) in [6.45, 7) is 1.15. The van der Waals surface area contributed by atoms with Crippen LogP contribution in [0.4, 0.5) is 0 Å². The van der Waals surface area contributed by atoms with Gasteiger partial charge >= 0.3 is 0 Å². The Morgan fingerprint density at radius 1 is 1.38 bits per heavy atom. The molecule has 2 unspecified atom stereocenters. The molecule has 0 radical (unpaired) electrons. The largest absolute Gasteiger partial charge is 0.388 e. The minimum Gasteiger partial charge on any atom is -0.388 e. The van der Waals surface area contributed by atoms with Crippen molar-refractivity contribution < 1.29 is 15.0 Å². The number of ketones is 1. The van der Waals surface area contributed by atoms with Crippen molar-refractivity contribution in [1.82, 2.24) is 0 Å². The van der Waals surface area contributed by atoms with Gasteiger partial charge in [0.15, 0.2) is 5.78 Å². The first-order chi connectivity index (χ1) is 7.54. The van der Waals surface area contributed by atoms with Gasteiger partial charge in [-0.15, -0.1) is 0 Å². The Kier molecular flexibility index (Phi) is 4.93. The molecule has 2 N–H and O–H groups in total. The molecular formula is C12H15ClO3. The Labute approximate surface area is 99.7 Å². The van der Waals surface area contributed by atoms with E-state index in [0.29, 0.717) is 11.4 Å². The molecular weight excluding hydrogens is 228 g/mol. The summed E-state index contributed by atoms with van der Waals surface area (Å²) in [4.78, 5) is 11.1. The van der Waals surface area contributed by atoms with E-state index in [1.54, 1.807) is 19.1 Å². The van der Waals surface area contributed by atoms with Crippen molar-refractivity contribution in [1.29, 1.82) is 0 Å². The Balaban J connectivity index is 2.60. The second-order valence-corrected chi connectivity index (χ2v) is 4.31. The standard InChI is InChI=1S/C12H15ClO3/c1-8(12(16)11(15)7-14)6-9-2-4-10(13)5-3-9/h2-5,8,12,14,16H,6-7H2,1H3. The molecule has 0 heterocycles. The molecule has 0 bridgehead atoms. The van der Waals surface area contributed by atoms with Gasteiger partial charge in [0, 0.05) is 5.02 Å². The lowest BCUT2D eigenvalue weighted by atomic mass is 9.94. The molecule has 2 atom stereocenters. The average molecular weight is 243 g/mol. The van der Waals surface area contributed by atoms with Gasteiger partial charge in [-0.05, 0) is 30.0 Å². The van der Waals surface area contributed by atoms with Crippen LogP contribution in [-0.2, 0) is 11.2 Å². The Morgan fingerprint density at radius 2 is 1.94 bits per heavy atom. The van der Waals surface area contributed by atoms with Gasteiger partial charge in [0.05, 0.1) is 0 Å². The van der Waals surface area contributed by atoms with Crippen molar-refractivity contribution in [3.05, 3.63) is 34.9 Å². The number of rotatable bonds is 5. The molecule has 0 aliphatic heterocycles. The predicted molar refractivity (Wildman–Crippen MR) is 62.4 cm³/mol. The monoisotopic (exact) mass is 242 g/mol. The first-order valence-electron chi connectivity index (χ1n) is 5.10. The van der Waals surface area contributed by atoms with E-state index in [2.05, 4.69) is 0 Å². The second kappa shape index (κ2) is 5.99. The summed E-state index contributed by atoms with van der Waals surface area (Å²) in [5.41, 5.74) is 1.00. The van der Waals surface area contributed by atoms with E-state index in [1.807, 2.05) is 12.1 Å². The maximum Gasteiger partial charge on any atom is 0.186 e. The SMILES string of the molecule is CC(Cc1ccc(Cl)cc1)C(O)C(=O)CO. The highest BCUT2D eigenvalue weighted by Gasteiger charge is 2.21. The molecule has 16 heavy (non-hydrogen) atoms. The Bertz CT molecular complexity index is 348. The molecule has 0 aliphatic rings. The molecule has 0 amide bonds. The fraction of sp³-hybridized carbons (Fsp3) is 0.417. The van der Waals surface area contributed by atoms with E-state index in [-0.39, 0.29) is 5.92 Å². The van der Waals surface area contributed by atoms with Crippen molar-refractivity contribution in [2.45, 2.75) is 19.4 Å². The summed E-state index contributed by atoms with van der Waals surface area (Å²) in [5, 5.41) is 18.9. The van der Waals surface area contributed by atoms with Gasteiger partial charge in [0.2, 0.25) is 0 Å². The number of benzene rings is 1. The van der Waals surface area contributed by atoms with Crippen LogP contribution in [-0.4, -0.2) is 28.7 Å². The third-order valence-electron chi connectivity index (χ3n) is 2.50. The Hall–Kier alpha value is -0.900. The number of aliphatic hydroxyl groups is 2. The van der Waals surface area contributed by atoms with Crippen LogP contribution in [0.3, 0.4) is 0 Å². The van der Waals surface area contributed by atoms with Crippen molar-refractivity contribution in [2.75, 3.05) is 6.61 Å². The lowest BCUT2D eigenvalue weighted by Crippen LogP contribution is -2.31. The molecule has 1 rings (SSSR count). The number of halogens is 1. The third kappa shape index (κ3) is 3.59. The highest BCUT2D eigenvalue weighted by Crippen LogP contribution is 2.15. The van der Waals surface area contributed by atoms with Gasteiger partial charge < -0.3 is 10.2 Å². The summed E-state index contributed by atoms with van der Waals surface area (Å²) in [6.07, 6.45) is -0.537. The summed E-state index contributed by atoms with van der Waals surface area (Å²) in [7, 11) is 0. The first kappa shape index (κ1) is 13.2. The van der Waals surface area contributed by atoms with E-state index < -0.39 is 18.5 Å². The fourth-order valence-electron chi connectivity index (χ4n) is 1.51. The zero-order chi connectivity index (χ0) is 12.1. The minimum atomic E-state index is -1.11. The third-order valence-corrected chi connectivity index (χ3v) is 2.75. The molecule has 0 aliphatic carbocycles. The molecule has 0 aromatic heterocycles. The van der Waals surface area contributed by atoms with Gasteiger partial charge in [0.25, 0.3) is 0 Å². The smallest absolute Gasteiger partial charge is 0.186 e. The van der Waals surface area contributed by atoms with Gasteiger partial charge in [-0.25, -0.2) is 0 Å². The number of carbonyl (C=O) groups excluding carboxylic acids is 1. The van der Waals surface area contributed by atoms with E-state index in [9.17, 15) is 9.90 Å². The Morgan fingerprint density at radius 3 is 2.44 bits per heavy atom. The van der Waals surface area contributed by atoms with E-state index in [4.69, 9.17) is 16.7 Å². The highest BCUT2D eigenvalue weighted by molar-refractivity contribution is 6.30. The van der Waals surface area contributed by atoms with Gasteiger partial charge in [-0.2, -0.15) is 0 Å². The topological polar surface area (TPSA) is 57.5 Å². The van der Waals surface area contributed by atoms with Crippen LogP contribution in [0.2, 0.25) is 5.02 Å². The van der Waals surface area contributed by atoms with Crippen LogP contribution in [0.15, 0.2) is 24.3 Å². The summed E-state index contributed by atoms with van der Waals surface area (Å²) in [6, 6.07) is 7.25. The van der Waals surface area contributed by atoms with Gasteiger partial charge in [0.1, 0.15) is 12.7 Å². The number of aliphatic hydroxyl groups excluding tert-OH is 2. The van der Waals surface area contributed by atoms with Crippen molar-refractivity contribution in [3.8, 4) is 0 Å². The second-order valence-electron chi connectivity index (χ2n) is 3.88. The summed E-state index contributed by atoms with van der Waals surface area (Å²) >= 11 is 5.75. The van der Waals surface area contributed by atoms with E-state index in [1.165, 1.54) is 0 Å². The van der Waals surface area contributed by atoms with Crippen molar-refractivity contribution in [2.24, 2.45) is 5.92 Å². The average Bonchev–Trinajstić information content (AvgIpc) is 2.30. The molecule has 0 spiro atoms. The number of carbonyl (C=O) groups is 1. The van der Waals surface area contributed by atoms with Crippen LogP contribution < -0.4 is 0 Å². The molecule has 0 fully saturated rings. The van der Waals surface area contributed by atoms with Gasteiger partial charge in [-0.1, -0.05) is 30.7 Å². The van der Waals surface area contributed by atoms with E-state index >= 15 is 0 Å². The van der Waals surface area contributed by atoms with Crippen LogP contribution in [0.25, 0.3) is 0 Å². The molecule has 4 heteroatoms. The van der Waals surface area contributed by atoms with Crippen LogP contribution in [0, 0.1) is 5.92 Å². The van der Waals surface area contributed by atoms with Crippen LogP contribution in [0.5, 0.6) is 0 Å². The predicted octanol–water partition coefficient (Wildman–Crippen LogP) is 1.44. The number of hydrogen-bond donors (Lipinski definition) is 2. The number of Topliss-reactive ketones (excluding diaryl/α,β-unsaturated/α-hetero) is 1. The van der Waals surface area contributed by atoms with Crippen LogP contribution in [0.1, 0.15) is 12.5 Å². The molecule has 0 saturated carbocycles. The van der Waals surface area contributed by atoms with Crippen LogP contribution >= 0.6 is 11.6 Å². The molecule has 3 nitrogen and oxygen atoms in total. The maximum absolute atomic E-state index is 11.1. The zero-order valence-electron chi connectivity index (χ0n) is 9.06. The highest BCUT2D eigenvalue weighted by atomic mass is 35.5. The molecule has 1 aromatic rings. The van der Waals surface area contributed by atoms with E-state index in [0.717, 1.165) is 5.56 Å². The summed E-state index contributed by atoms with van der Waals surface area (Å²) in [5.74, 6) is -0.762. The summed E-state index contributed by atoms with van der Waals surface area (Å²) < 4.78 is 0. The minimum absolute atomic E-state index is 0.221. The normalized spacial score (nSPS) is 14.5. The van der Waals surface area contributed by atoms with Gasteiger partial charge in [-0.3, -0.25) is 4.79 Å². The number of hydrogen-bond acceptors (Lipinski definition) is 3. The lowest BCUT2D eigenvalue weighted by Gasteiger charge is -2.16. The van der Waals surface area contributed by atoms with Crippen molar-refractivity contribution in [3.63, 3.8) is 0 Å². The first-order valence-corrected chi connectivity index (χ1v) is 5.48. The molecule has 88 valence electrons. The maximum atomic E-state index is 11.1.